The highest BCUT2D eigenvalue weighted by Gasteiger charge is 2.25. The quantitative estimate of drug-likeness (QED) is 0.381. The molecule has 4 nitrogen and oxygen atoms in total. The number of ketones is 1. The van der Waals surface area contributed by atoms with Crippen molar-refractivity contribution in [2.24, 2.45) is 0 Å². The Hall–Kier alpha value is -0.550. The van der Waals surface area contributed by atoms with Crippen molar-refractivity contribution in [3.8, 4) is 0 Å². The molecular formula is C5H8O4S. The van der Waals surface area contributed by atoms with Gasteiger partial charge in [-0.05, 0) is 6.92 Å². The van der Waals surface area contributed by atoms with Crippen molar-refractivity contribution in [1.29, 1.82) is 0 Å². The number of aliphatic carboxylic acids is 1. The average Bonchev–Trinajstić information content (AvgIpc) is 1.84. The third kappa shape index (κ3) is 2.36. The van der Waals surface area contributed by atoms with Crippen LogP contribution in [0.25, 0.3) is 0 Å². The van der Waals surface area contributed by atoms with Gasteiger partial charge < -0.3 is 10.2 Å². The summed E-state index contributed by atoms with van der Waals surface area (Å²) < 4.78 is 0. The number of carboxylic acids is 1. The zero-order chi connectivity index (χ0) is 8.31. The number of carbonyl (C=O) groups excluding carboxylic acids is 1. The lowest BCUT2D eigenvalue weighted by atomic mass is 10.2. The second-order valence-electron chi connectivity index (χ2n) is 1.82. The van der Waals surface area contributed by atoms with Crippen LogP contribution in [-0.2, 0) is 9.59 Å². The topological polar surface area (TPSA) is 74.6 Å². The number of Topliss-reactive ketones (excluding diaryl/α,β-unsaturated/α-hetero) is 1. The molecule has 0 aliphatic rings. The van der Waals surface area contributed by atoms with Crippen molar-refractivity contribution >= 4 is 24.4 Å². The van der Waals surface area contributed by atoms with Crippen molar-refractivity contribution in [3.63, 3.8) is 0 Å². The fourth-order valence-electron chi connectivity index (χ4n) is 0.350. The van der Waals surface area contributed by atoms with Crippen LogP contribution in [0.4, 0.5) is 0 Å². The molecule has 0 saturated carbocycles. The predicted octanol–water partition coefficient (Wildman–Crippen LogP) is -0.681. The summed E-state index contributed by atoms with van der Waals surface area (Å²) in [5.41, 5.74) is 0. The molecule has 58 valence electrons. The minimum absolute atomic E-state index is 0.744. The molecule has 2 atom stereocenters. The molecule has 5 heteroatoms. The van der Waals surface area contributed by atoms with E-state index in [4.69, 9.17) is 10.2 Å². The van der Waals surface area contributed by atoms with Crippen molar-refractivity contribution in [2.45, 2.75) is 18.3 Å². The molecule has 0 aromatic heterocycles. The van der Waals surface area contributed by atoms with E-state index in [2.05, 4.69) is 12.6 Å². The first-order valence-corrected chi connectivity index (χ1v) is 3.11. The lowest BCUT2D eigenvalue weighted by Crippen LogP contribution is -2.34. The second-order valence-corrected chi connectivity index (χ2v) is 2.59. The third-order valence-electron chi connectivity index (χ3n) is 0.915. The van der Waals surface area contributed by atoms with Gasteiger partial charge in [-0.1, -0.05) is 0 Å². The van der Waals surface area contributed by atoms with Crippen LogP contribution < -0.4 is 0 Å². The first kappa shape index (κ1) is 9.45. The van der Waals surface area contributed by atoms with Gasteiger partial charge in [-0.25, -0.2) is 4.79 Å². The van der Waals surface area contributed by atoms with Crippen LogP contribution in [0, 0.1) is 0 Å². The molecule has 10 heavy (non-hydrogen) atoms. The number of hydrogen-bond donors (Lipinski definition) is 3. The van der Waals surface area contributed by atoms with E-state index < -0.39 is 23.1 Å². The minimum atomic E-state index is -1.94. The zero-order valence-electron chi connectivity index (χ0n) is 5.31. The van der Waals surface area contributed by atoms with Gasteiger partial charge in [0.15, 0.2) is 5.78 Å². The molecule has 0 bridgehead atoms. The third-order valence-corrected chi connectivity index (χ3v) is 1.17. The van der Waals surface area contributed by atoms with Gasteiger partial charge in [-0.2, -0.15) is 12.6 Å². The van der Waals surface area contributed by atoms with Gasteiger partial charge in [0, 0.05) is 0 Å². The summed E-state index contributed by atoms with van der Waals surface area (Å²) >= 11 is 3.65. The fourth-order valence-corrected chi connectivity index (χ4v) is 0.491. The van der Waals surface area contributed by atoms with Crippen molar-refractivity contribution in [3.05, 3.63) is 0 Å². The van der Waals surface area contributed by atoms with E-state index in [1.54, 1.807) is 0 Å². The van der Waals surface area contributed by atoms with Crippen LogP contribution in [0.5, 0.6) is 0 Å². The van der Waals surface area contributed by atoms with Gasteiger partial charge in [0.05, 0.1) is 5.25 Å². The summed E-state index contributed by atoms with van der Waals surface area (Å²) in [6.07, 6.45) is -1.94. The van der Waals surface area contributed by atoms with E-state index in [1.807, 2.05) is 0 Å². The Morgan fingerprint density at radius 2 is 1.90 bits per heavy atom. The largest absolute Gasteiger partial charge is 0.479 e. The first-order chi connectivity index (χ1) is 4.46. The van der Waals surface area contributed by atoms with Crippen LogP contribution in [0.3, 0.4) is 0 Å². The van der Waals surface area contributed by atoms with Gasteiger partial charge in [0.1, 0.15) is 0 Å². The van der Waals surface area contributed by atoms with Crippen LogP contribution in [0.15, 0.2) is 0 Å². The molecule has 0 spiro atoms. The molecule has 0 aromatic rings. The molecule has 0 aliphatic carbocycles. The SMILES string of the molecule is CC(S)C(=O)C(O)C(=O)O. The maximum absolute atomic E-state index is 10.6. The molecule has 0 amide bonds. The Morgan fingerprint density at radius 1 is 1.50 bits per heavy atom. The highest BCUT2D eigenvalue weighted by Crippen LogP contribution is 1.98. The van der Waals surface area contributed by atoms with Gasteiger partial charge in [-0.3, -0.25) is 4.79 Å². The Labute approximate surface area is 63.3 Å². The summed E-state index contributed by atoms with van der Waals surface area (Å²) in [5, 5.41) is 15.9. The monoisotopic (exact) mass is 164 g/mol. The molecule has 0 saturated heterocycles. The number of carboxylic acid groups (broad SMARTS) is 1. The maximum Gasteiger partial charge on any atom is 0.340 e. The summed E-state index contributed by atoms with van der Waals surface area (Å²) in [4.78, 5) is 20.5. The second kappa shape index (κ2) is 3.58. The zero-order valence-corrected chi connectivity index (χ0v) is 6.21. The van der Waals surface area contributed by atoms with E-state index >= 15 is 0 Å². The minimum Gasteiger partial charge on any atom is -0.479 e. The van der Waals surface area contributed by atoms with Crippen LogP contribution in [0.2, 0.25) is 0 Å². The first-order valence-electron chi connectivity index (χ1n) is 2.59. The van der Waals surface area contributed by atoms with Crippen molar-refractivity contribution < 1.29 is 19.8 Å². The number of hydrogen-bond acceptors (Lipinski definition) is 4. The smallest absolute Gasteiger partial charge is 0.340 e. The molecule has 0 radical (unpaired) electrons. The standard InChI is InChI=1S/C5H8O4S/c1-2(10)3(6)4(7)5(8)9/h2,4,7,10H,1H3,(H,8,9). The van der Waals surface area contributed by atoms with Gasteiger partial charge in [-0.15, -0.1) is 0 Å². The molecule has 2 unspecified atom stereocenters. The lowest BCUT2D eigenvalue weighted by molar-refractivity contribution is -0.151. The number of carbonyl (C=O) groups is 2. The van der Waals surface area contributed by atoms with Gasteiger partial charge in [0.25, 0.3) is 0 Å². The molecule has 0 rings (SSSR count). The predicted molar refractivity (Wildman–Crippen MR) is 37.1 cm³/mol. The average molecular weight is 164 g/mol. The van der Waals surface area contributed by atoms with Crippen LogP contribution in [0.1, 0.15) is 6.92 Å². The number of rotatable bonds is 3. The van der Waals surface area contributed by atoms with Gasteiger partial charge in [0.2, 0.25) is 6.10 Å². The van der Waals surface area contributed by atoms with E-state index in [9.17, 15) is 9.59 Å². The summed E-state index contributed by atoms with van der Waals surface area (Å²) in [6, 6.07) is 0. The summed E-state index contributed by atoms with van der Waals surface area (Å²) in [6.45, 7) is 1.40. The van der Waals surface area contributed by atoms with Gasteiger partial charge >= 0.3 is 5.97 Å². The van der Waals surface area contributed by atoms with Crippen molar-refractivity contribution in [2.75, 3.05) is 0 Å². The highest BCUT2D eigenvalue weighted by molar-refractivity contribution is 7.81. The maximum atomic E-state index is 10.6. The molecular weight excluding hydrogens is 156 g/mol. The summed E-state index contributed by atoms with van der Waals surface area (Å²) in [5.74, 6) is -2.33. The fraction of sp³-hybridized carbons (Fsp3) is 0.600. The Bertz CT molecular complexity index is 154. The van der Waals surface area contributed by atoms with E-state index in [0.29, 0.717) is 0 Å². The molecule has 2 N–H and O–H groups in total. The molecule has 0 fully saturated rings. The normalized spacial score (nSPS) is 15.9. The molecule has 0 heterocycles. The van der Waals surface area contributed by atoms with E-state index in [0.717, 1.165) is 0 Å². The Morgan fingerprint density at radius 3 is 2.00 bits per heavy atom. The molecule has 0 aliphatic heterocycles. The summed E-state index contributed by atoms with van der Waals surface area (Å²) in [7, 11) is 0. The Kier molecular flexibility index (Phi) is 3.38. The Balaban J connectivity index is 4.08. The van der Waals surface area contributed by atoms with Crippen LogP contribution in [-0.4, -0.2) is 33.3 Å². The number of aliphatic hydroxyl groups is 1. The van der Waals surface area contributed by atoms with Crippen molar-refractivity contribution in [1.82, 2.24) is 0 Å². The molecule has 0 aromatic carbocycles. The number of aliphatic hydroxyl groups excluding tert-OH is 1. The lowest BCUT2D eigenvalue weighted by Gasteiger charge is -2.05. The van der Waals surface area contributed by atoms with Crippen LogP contribution >= 0.6 is 12.6 Å². The van der Waals surface area contributed by atoms with E-state index in [-0.39, 0.29) is 0 Å². The van der Waals surface area contributed by atoms with E-state index in [1.165, 1.54) is 6.92 Å². The highest BCUT2D eigenvalue weighted by atomic mass is 32.1. The number of thiol groups is 1.